The van der Waals surface area contributed by atoms with Crippen LogP contribution in [0.15, 0.2) is 66.9 Å². The molecule has 2 aliphatic rings. The average molecular weight is 467 g/mol. The molecule has 0 aliphatic heterocycles. The van der Waals surface area contributed by atoms with Crippen molar-refractivity contribution in [1.29, 1.82) is 0 Å². The molecule has 6 rings (SSSR count). The highest BCUT2D eigenvalue weighted by Gasteiger charge is 2.30. The first-order valence-corrected chi connectivity index (χ1v) is 12.5. The molecule has 0 bridgehead atoms. The van der Waals surface area contributed by atoms with Crippen LogP contribution in [0.2, 0.25) is 0 Å². The number of benzene rings is 2. The largest absolute Gasteiger partial charge is 0.446 e. The van der Waals surface area contributed by atoms with Crippen LogP contribution in [0.25, 0.3) is 33.4 Å². The zero-order chi connectivity index (χ0) is 23.9. The van der Waals surface area contributed by atoms with Gasteiger partial charge in [-0.05, 0) is 74.8 Å². The minimum Gasteiger partial charge on any atom is -0.446 e. The van der Waals surface area contributed by atoms with Crippen LogP contribution >= 0.6 is 0 Å². The number of nitrogens with one attached hydrogen (secondary N) is 1. The number of carbonyl (C=O) groups is 1. The van der Waals surface area contributed by atoms with Gasteiger partial charge in [-0.1, -0.05) is 30.3 Å². The lowest BCUT2D eigenvalue weighted by atomic mass is 10.1. The van der Waals surface area contributed by atoms with Crippen molar-refractivity contribution in [2.75, 3.05) is 11.1 Å². The van der Waals surface area contributed by atoms with E-state index in [0.29, 0.717) is 17.5 Å². The number of carbonyl (C=O) groups excluding carboxylic acids is 1. The Hall–Kier alpha value is -3.80. The maximum Gasteiger partial charge on any atom is 0.411 e. The van der Waals surface area contributed by atoms with Crippen molar-refractivity contribution in [3.8, 4) is 22.5 Å². The van der Waals surface area contributed by atoms with E-state index in [-0.39, 0.29) is 6.10 Å². The number of aromatic nitrogens is 2. The zero-order valence-electron chi connectivity index (χ0n) is 19.9. The molecule has 2 aliphatic carbocycles. The molecule has 6 heteroatoms. The van der Waals surface area contributed by atoms with Crippen molar-refractivity contribution < 1.29 is 9.53 Å². The van der Waals surface area contributed by atoms with Gasteiger partial charge in [0.1, 0.15) is 6.10 Å². The predicted molar refractivity (Wildman–Crippen MR) is 140 cm³/mol. The van der Waals surface area contributed by atoms with Gasteiger partial charge in [0.2, 0.25) is 0 Å². The lowest BCUT2D eigenvalue weighted by molar-refractivity contribution is 0.108. The molecule has 35 heavy (non-hydrogen) atoms. The van der Waals surface area contributed by atoms with Crippen molar-refractivity contribution in [3.63, 3.8) is 0 Å². The molecule has 1 amide bonds. The Morgan fingerprint density at radius 2 is 1.86 bits per heavy atom. The number of nitrogens with zero attached hydrogens (tertiary/aromatic N) is 2. The van der Waals surface area contributed by atoms with E-state index in [1.54, 1.807) is 0 Å². The molecule has 2 fully saturated rings. The summed E-state index contributed by atoms with van der Waals surface area (Å²) in [6.45, 7) is 2.90. The maximum absolute atomic E-state index is 12.3. The number of nitrogen functional groups attached to an aromatic ring is 1. The molecule has 1 atom stereocenters. The standard InChI is InChI=1S/C29H30N4O2/c1-18(20-7-8-20)35-29(34)32-23-12-9-21(10-13-23)28-27(30)24-14-11-22(25-4-2-3-15-31-25)16-26(24)33(28)17-19-5-6-19/h2-4,9-16,18-20H,5-8,17,30H2,1H3,(H,32,34)/t18-/m1/s1. The second-order valence-electron chi connectivity index (χ2n) is 9.91. The van der Waals surface area contributed by atoms with E-state index in [1.807, 2.05) is 55.6 Å². The number of ether oxygens (including phenoxy) is 1. The lowest BCUT2D eigenvalue weighted by Crippen LogP contribution is -2.21. The van der Waals surface area contributed by atoms with Gasteiger partial charge in [-0.15, -0.1) is 0 Å². The van der Waals surface area contributed by atoms with Crippen molar-refractivity contribution in [2.45, 2.75) is 45.3 Å². The van der Waals surface area contributed by atoms with E-state index in [4.69, 9.17) is 10.5 Å². The molecule has 0 saturated heterocycles. The normalized spacial score (nSPS) is 16.3. The second-order valence-corrected chi connectivity index (χ2v) is 9.91. The summed E-state index contributed by atoms with van der Waals surface area (Å²) in [7, 11) is 0. The van der Waals surface area contributed by atoms with Crippen molar-refractivity contribution in [3.05, 3.63) is 66.9 Å². The molecule has 6 nitrogen and oxygen atoms in total. The quantitative estimate of drug-likeness (QED) is 0.317. The summed E-state index contributed by atoms with van der Waals surface area (Å²) in [5, 5.41) is 3.91. The molecule has 178 valence electrons. The van der Waals surface area contributed by atoms with Gasteiger partial charge in [0.05, 0.1) is 22.6 Å². The molecular formula is C29H30N4O2. The Bertz CT molecular complexity index is 1370. The number of pyridine rings is 1. The predicted octanol–water partition coefficient (Wildman–Crippen LogP) is 6.71. The van der Waals surface area contributed by atoms with Crippen molar-refractivity contribution in [2.24, 2.45) is 11.8 Å². The van der Waals surface area contributed by atoms with Crippen LogP contribution in [0, 0.1) is 11.8 Å². The second kappa shape index (κ2) is 8.77. The Balaban J connectivity index is 1.32. The van der Waals surface area contributed by atoms with Gasteiger partial charge < -0.3 is 15.0 Å². The number of amides is 1. The van der Waals surface area contributed by atoms with Gasteiger partial charge >= 0.3 is 6.09 Å². The first-order chi connectivity index (χ1) is 17.1. The summed E-state index contributed by atoms with van der Waals surface area (Å²) in [6, 6.07) is 20.2. The van der Waals surface area contributed by atoms with Crippen LogP contribution in [0.1, 0.15) is 32.6 Å². The van der Waals surface area contributed by atoms with Crippen LogP contribution in [-0.2, 0) is 11.3 Å². The Morgan fingerprint density at radius 1 is 1.09 bits per heavy atom. The van der Waals surface area contributed by atoms with E-state index < -0.39 is 6.09 Å². The minimum absolute atomic E-state index is 0.0387. The fraction of sp³-hybridized carbons (Fsp3) is 0.310. The summed E-state index contributed by atoms with van der Waals surface area (Å²) >= 11 is 0. The third kappa shape index (κ3) is 4.48. The number of nitrogens with two attached hydrogens (primary N) is 1. The smallest absolute Gasteiger partial charge is 0.411 e. The highest BCUT2D eigenvalue weighted by atomic mass is 16.6. The maximum atomic E-state index is 12.3. The van der Waals surface area contributed by atoms with Gasteiger partial charge in [0, 0.05) is 34.9 Å². The van der Waals surface area contributed by atoms with Gasteiger partial charge in [-0.2, -0.15) is 0 Å². The third-order valence-electron chi connectivity index (χ3n) is 7.19. The van der Waals surface area contributed by atoms with E-state index in [2.05, 4.69) is 33.1 Å². The van der Waals surface area contributed by atoms with Gasteiger partial charge in [-0.25, -0.2) is 4.79 Å². The molecule has 0 unspecified atom stereocenters. The Kier molecular flexibility index (Phi) is 5.44. The Labute approximate surface area is 205 Å². The summed E-state index contributed by atoms with van der Waals surface area (Å²) in [5.41, 5.74) is 13.5. The first-order valence-electron chi connectivity index (χ1n) is 12.5. The minimum atomic E-state index is -0.401. The average Bonchev–Trinajstić information content (AvgIpc) is 3.79. The van der Waals surface area contributed by atoms with Crippen LogP contribution < -0.4 is 11.1 Å². The summed E-state index contributed by atoms with van der Waals surface area (Å²) < 4.78 is 7.85. The number of hydrogen-bond acceptors (Lipinski definition) is 4. The molecule has 0 radical (unpaired) electrons. The van der Waals surface area contributed by atoms with Crippen molar-refractivity contribution in [1.82, 2.24) is 9.55 Å². The van der Waals surface area contributed by atoms with Gasteiger partial charge in [0.25, 0.3) is 0 Å². The summed E-state index contributed by atoms with van der Waals surface area (Å²) in [5.74, 6) is 1.20. The van der Waals surface area contributed by atoms with Gasteiger partial charge in [0.15, 0.2) is 0 Å². The summed E-state index contributed by atoms with van der Waals surface area (Å²) in [4.78, 5) is 16.8. The first kappa shape index (κ1) is 21.7. The third-order valence-corrected chi connectivity index (χ3v) is 7.19. The van der Waals surface area contributed by atoms with Crippen LogP contribution in [-0.4, -0.2) is 21.7 Å². The van der Waals surface area contributed by atoms with Crippen LogP contribution in [0.3, 0.4) is 0 Å². The fourth-order valence-electron chi connectivity index (χ4n) is 4.82. The highest BCUT2D eigenvalue weighted by molar-refractivity contribution is 6.02. The SMILES string of the molecule is C[C@@H](OC(=O)Nc1ccc(-c2c(N)c3ccc(-c4ccccn4)cc3n2CC2CC2)cc1)C1CC1. The molecule has 2 aromatic carbocycles. The lowest BCUT2D eigenvalue weighted by Gasteiger charge is -2.14. The number of hydrogen-bond donors (Lipinski definition) is 2. The molecular weight excluding hydrogens is 436 g/mol. The number of anilines is 2. The van der Waals surface area contributed by atoms with Gasteiger partial charge in [-0.3, -0.25) is 10.3 Å². The zero-order valence-corrected chi connectivity index (χ0v) is 19.9. The van der Waals surface area contributed by atoms with Crippen molar-refractivity contribution >= 4 is 28.4 Å². The monoisotopic (exact) mass is 466 g/mol. The van der Waals surface area contributed by atoms with E-state index in [9.17, 15) is 4.79 Å². The molecule has 0 spiro atoms. The topological polar surface area (TPSA) is 82.2 Å². The van der Waals surface area contributed by atoms with E-state index in [1.165, 1.54) is 12.8 Å². The molecule has 3 N–H and O–H groups in total. The van der Waals surface area contributed by atoms with Crippen LogP contribution in [0.5, 0.6) is 0 Å². The van der Waals surface area contributed by atoms with E-state index in [0.717, 1.165) is 58.5 Å². The number of rotatable bonds is 7. The molecule has 4 aromatic rings. The molecule has 2 aromatic heterocycles. The Morgan fingerprint density at radius 3 is 2.54 bits per heavy atom. The molecule has 2 heterocycles. The number of fused-ring (bicyclic) bond motifs is 1. The highest BCUT2D eigenvalue weighted by Crippen LogP contribution is 2.41. The van der Waals surface area contributed by atoms with Crippen LogP contribution in [0.4, 0.5) is 16.2 Å². The van der Waals surface area contributed by atoms with E-state index >= 15 is 0 Å². The fourth-order valence-corrected chi connectivity index (χ4v) is 4.82. The summed E-state index contributed by atoms with van der Waals surface area (Å²) in [6.07, 6.45) is 6.17. The molecule has 2 saturated carbocycles.